The van der Waals surface area contributed by atoms with Gasteiger partial charge in [-0.15, -0.1) is 0 Å². The first-order chi connectivity index (χ1) is 14.7. The van der Waals surface area contributed by atoms with E-state index in [0.717, 1.165) is 16.8 Å². The summed E-state index contributed by atoms with van der Waals surface area (Å²) in [5.74, 6) is -0.464. The van der Waals surface area contributed by atoms with Gasteiger partial charge in [0.1, 0.15) is 11.1 Å². The van der Waals surface area contributed by atoms with Crippen LogP contribution in [-0.4, -0.2) is 16.6 Å². The van der Waals surface area contributed by atoms with Crippen LogP contribution in [0, 0.1) is 0 Å². The fraction of sp³-hybridized carbons (Fsp3) is 0.0800. The Morgan fingerprint density at radius 1 is 0.900 bits per heavy atom. The van der Waals surface area contributed by atoms with E-state index in [0.29, 0.717) is 17.4 Å². The van der Waals surface area contributed by atoms with Gasteiger partial charge >= 0.3 is 5.63 Å². The van der Waals surface area contributed by atoms with Crippen LogP contribution < -0.4 is 5.63 Å². The van der Waals surface area contributed by atoms with Gasteiger partial charge in [0.25, 0.3) is 5.91 Å². The standard InChI is InChI=1S/C25H18N2O3/c28-24(20-15-19-13-7-8-14-23(19)30-25(20)29)27-22(18-11-5-2-6-12-18)16-21(26-27)17-9-3-1-4-10-17/h1-15,22H,16H2/t22-/m0/s1. The maximum absolute atomic E-state index is 13.4. The van der Waals surface area contributed by atoms with Crippen molar-refractivity contribution < 1.29 is 9.21 Å². The zero-order chi connectivity index (χ0) is 20.5. The van der Waals surface area contributed by atoms with Crippen LogP contribution in [-0.2, 0) is 0 Å². The van der Waals surface area contributed by atoms with Gasteiger partial charge in [-0.05, 0) is 23.3 Å². The number of rotatable bonds is 3. The summed E-state index contributed by atoms with van der Waals surface area (Å²) in [6.45, 7) is 0. The molecule has 0 saturated carbocycles. The molecule has 1 atom stereocenters. The molecule has 2 heterocycles. The van der Waals surface area contributed by atoms with E-state index in [9.17, 15) is 9.59 Å². The fourth-order valence-electron chi connectivity index (χ4n) is 3.77. The Kier molecular flexibility index (Phi) is 4.48. The molecule has 0 fully saturated rings. The van der Waals surface area contributed by atoms with Crippen molar-refractivity contribution in [3.8, 4) is 0 Å². The lowest BCUT2D eigenvalue weighted by atomic mass is 9.98. The molecular weight excluding hydrogens is 376 g/mol. The first-order valence-electron chi connectivity index (χ1n) is 9.75. The van der Waals surface area contributed by atoms with Crippen molar-refractivity contribution in [2.45, 2.75) is 12.5 Å². The Hall–Kier alpha value is -3.99. The number of carbonyl (C=O) groups is 1. The zero-order valence-corrected chi connectivity index (χ0v) is 16.1. The predicted molar refractivity (Wildman–Crippen MR) is 115 cm³/mol. The van der Waals surface area contributed by atoms with E-state index in [1.807, 2.05) is 72.8 Å². The van der Waals surface area contributed by atoms with E-state index >= 15 is 0 Å². The molecule has 1 aliphatic heterocycles. The third-order valence-corrected chi connectivity index (χ3v) is 5.28. The highest BCUT2D eigenvalue weighted by atomic mass is 16.4. The molecule has 5 rings (SSSR count). The van der Waals surface area contributed by atoms with Crippen LogP contribution in [0.2, 0.25) is 0 Å². The van der Waals surface area contributed by atoms with Crippen molar-refractivity contribution in [3.63, 3.8) is 0 Å². The third-order valence-electron chi connectivity index (χ3n) is 5.28. The zero-order valence-electron chi connectivity index (χ0n) is 16.1. The molecule has 1 amide bonds. The molecule has 0 unspecified atom stereocenters. The van der Waals surface area contributed by atoms with Gasteiger partial charge in [-0.2, -0.15) is 5.10 Å². The molecular formula is C25H18N2O3. The molecule has 0 saturated heterocycles. The summed E-state index contributed by atoms with van der Waals surface area (Å²) in [5.41, 5.74) is 2.50. The quantitative estimate of drug-likeness (QED) is 0.470. The fourth-order valence-corrected chi connectivity index (χ4v) is 3.77. The number of carbonyl (C=O) groups excluding carboxylic acids is 1. The minimum atomic E-state index is -0.658. The van der Waals surface area contributed by atoms with Gasteiger partial charge in [-0.25, -0.2) is 9.80 Å². The van der Waals surface area contributed by atoms with Crippen molar-refractivity contribution in [2.75, 3.05) is 0 Å². The van der Waals surface area contributed by atoms with Crippen LogP contribution in [0.1, 0.15) is 33.9 Å². The van der Waals surface area contributed by atoms with Crippen LogP contribution >= 0.6 is 0 Å². The lowest BCUT2D eigenvalue weighted by Crippen LogP contribution is -2.30. The maximum atomic E-state index is 13.4. The number of amides is 1. The number of fused-ring (bicyclic) bond motifs is 1. The van der Waals surface area contributed by atoms with E-state index in [1.54, 1.807) is 18.2 Å². The van der Waals surface area contributed by atoms with Crippen molar-refractivity contribution in [1.82, 2.24) is 5.01 Å². The second kappa shape index (κ2) is 7.44. The van der Waals surface area contributed by atoms with E-state index in [2.05, 4.69) is 5.10 Å². The molecule has 0 N–H and O–H groups in total. The molecule has 0 radical (unpaired) electrons. The van der Waals surface area contributed by atoms with Gasteiger partial charge < -0.3 is 4.42 Å². The molecule has 0 bridgehead atoms. The summed E-state index contributed by atoms with van der Waals surface area (Å²) >= 11 is 0. The molecule has 5 heteroatoms. The number of hydrogen-bond donors (Lipinski definition) is 0. The van der Waals surface area contributed by atoms with Gasteiger partial charge in [0.2, 0.25) is 0 Å². The lowest BCUT2D eigenvalue weighted by Gasteiger charge is -2.21. The molecule has 5 nitrogen and oxygen atoms in total. The van der Waals surface area contributed by atoms with Crippen LogP contribution in [0.25, 0.3) is 11.0 Å². The van der Waals surface area contributed by atoms with Crippen molar-refractivity contribution in [1.29, 1.82) is 0 Å². The van der Waals surface area contributed by atoms with Crippen LogP contribution in [0.3, 0.4) is 0 Å². The summed E-state index contributed by atoms with van der Waals surface area (Å²) in [5, 5.41) is 6.75. The normalized spacial score (nSPS) is 15.9. The van der Waals surface area contributed by atoms with E-state index < -0.39 is 11.5 Å². The van der Waals surface area contributed by atoms with Crippen molar-refractivity contribution in [2.24, 2.45) is 5.10 Å². The van der Waals surface area contributed by atoms with Gasteiger partial charge in [-0.1, -0.05) is 78.9 Å². The molecule has 1 aliphatic rings. The molecule has 3 aromatic carbocycles. The highest BCUT2D eigenvalue weighted by Gasteiger charge is 2.35. The van der Waals surface area contributed by atoms with Gasteiger partial charge in [-0.3, -0.25) is 4.79 Å². The minimum absolute atomic E-state index is 0.0207. The molecule has 0 aliphatic carbocycles. The van der Waals surface area contributed by atoms with Gasteiger partial charge in [0, 0.05) is 11.8 Å². The largest absolute Gasteiger partial charge is 0.422 e. The SMILES string of the molecule is O=C(c1cc2ccccc2oc1=O)N1N=C(c2ccccc2)C[C@H]1c1ccccc1. The summed E-state index contributed by atoms with van der Waals surface area (Å²) in [6.07, 6.45) is 0.568. The first-order valence-corrected chi connectivity index (χ1v) is 9.75. The lowest BCUT2D eigenvalue weighted by molar-refractivity contribution is 0.0707. The molecule has 30 heavy (non-hydrogen) atoms. The third kappa shape index (κ3) is 3.20. The molecule has 1 aromatic heterocycles. The number of nitrogens with zero attached hydrogens (tertiary/aromatic N) is 2. The topological polar surface area (TPSA) is 62.9 Å². The Morgan fingerprint density at radius 3 is 2.33 bits per heavy atom. The van der Waals surface area contributed by atoms with Crippen LogP contribution in [0.15, 0.2) is 105 Å². The highest BCUT2D eigenvalue weighted by Crippen LogP contribution is 2.33. The van der Waals surface area contributed by atoms with Crippen LogP contribution in [0.4, 0.5) is 0 Å². The smallest absolute Gasteiger partial charge is 0.349 e. The Morgan fingerprint density at radius 2 is 1.57 bits per heavy atom. The second-order valence-electron chi connectivity index (χ2n) is 7.18. The first kappa shape index (κ1) is 18.1. The summed E-state index contributed by atoms with van der Waals surface area (Å²) < 4.78 is 5.37. The minimum Gasteiger partial charge on any atom is -0.422 e. The van der Waals surface area contributed by atoms with Crippen molar-refractivity contribution >= 4 is 22.6 Å². The average Bonchev–Trinajstić information content (AvgIpc) is 3.25. The number of benzene rings is 3. The monoisotopic (exact) mass is 394 g/mol. The average molecular weight is 394 g/mol. The maximum Gasteiger partial charge on any atom is 0.349 e. The number of hydrazone groups is 1. The molecule has 0 spiro atoms. The van der Waals surface area contributed by atoms with Crippen molar-refractivity contribution in [3.05, 3.63) is 118 Å². The predicted octanol–water partition coefficient (Wildman–Crippen LogP) is 4.78. The number of hydrogen-bond acceptors (Lipinski definition) is 4. The Balaban J connectivity index is 1.60. The van der Waals surface area contributed by atoms with E-state index in [-0.39, 0.29) is 11.6 Å². The summed E-state index contributed by atoms with van der Waals surface area (Å²) in [7, 11) is 0. The highest BCUT2D eigenvalue weighted by molar-refractivity contribution is 6.05. The van der Waals surface area contributed by atoms with E-state index in [4.69, 9.17) is 4.42 Å². The summed E-state index contributed by atoms with van der Waals surface area (Å²) in [4.78, 5) is 26.0. The Labute approximate surface area is 172 Å². The van der Waals surface area contributed by atoms with Gasteiger partial charge in [0.05, 0.1) is 11.8 Å². The number of para-hydroxylation sites is 1. The molecule has 146 valence electrons. The second-order valence-corrected chi connectivity index (χ2v) is 7.18. The molecule has 4 aromatic rings. The van der Waals surface area contributed by atoms with E-state index in [1.165, 1.54) is 5.01 Å². The Bertz CT molecular complexity index is 1310. The van der Waals surface area contributed by atoms with Crippen LogP contribution in [0.5, 0.6) is 0 Å². The summed E-state index contributed by atoms with van der Waals surface area (Å²) in [6, 6.07) is 27.9. The van der Waals surface area contributed by atoms with Gasteiger partial charge in [0.15, 0.2) is 0 Å².